The highest BCUT2D eigenvalue weighted by Gasteiger charge is 2.26. The number of sulfonamides is 1. The van der Waals surface area contributed by atoms with E-state index in [2.05, 4.69) is 4.72 Å². The molecule has 0 aromatic heterocycles. The molecule has 8 heteroatoms. The smallest absolute Gasteiger partial charge is 0.303 e. The van der Waals surface area contributed by atoms with Crippen molar-refractivity contribution in [3.8, 4) is 0 Å². The van der Waals surface area contributed by atoms with Gasteiger partial charge in [0.25, 0.3) is 0 Å². The molecule has 0 spiro atoms. The number of carboxylic acids is 1. The summed E-state index contributed by atoms with van der Waals surface area (Å²) in [5, 5.41) is 8.37. The van der Waals surface area contributed by atoms with E-state index in [9.17, 15) is 18.0 Å². The second-order valence-electron chi connectivity index (χ2n) is 4.39. The van der Waals surface area contributed by atoms with E-state index >= 15 is 0 Å². The Balaban J connectivity index is 4.19. The first kappa shape index (κ1) is 15.9. The average molecular weight is 266 g/mol. The highest BCUT2D eigenvalue weighted by Crippen LogP contribution is 2.12. The lowest BCUT2D eigenvalue weighted by atomic mass is 9.93. The van der Waals surface area contributed by atoms with Gasteiger partial charge in [0.1, 0.15) is 0 Å². The van der Waals surface area contributed by atoms with Gasteiger partial charge in [-0.25, -0.2) is 13.1 Å². The fourth-order valence-corrected chi connectivity index (χ4v) is 2.11. The zero-order chi connectivity index (χ0) is 13.7. The molecule has 1 amide bonds. The SMILES string of the molecule is CC(C)(CNS(=O)(=O)CCCC(=O)O)C(N)=O. The van der Waals surface area contributed by atoms with Gasteiger partial charge in [0, 0.05) is 13.0 Å². The van der Waals surface area contributed by atoms with E-state index in [1.807, 2.05) is 0 Å². The van der Waals surface area contributed by atoms with Gasteiger partial charge in [-0.3, -0.25) is 9.59 Å². The number of carboxylic acid groups (broad SMARTS) is 1. The molecule has 100 valence electrons. The molecule has 17 heavy (non-hydrogen) atoms. The Morgan fingerprint density at radius 2 is 1.88 bits per heavy atom. The molecule has 0 aliphatic carbocycles. The second-order valence-corrected chi connectivity index (χ2v) is 6.31. The van der Waals surface area contributed by atoms with E-state index in [0.29, 0.717) is 0 Å². The monoisotopic (exact) mass is 266 g/mol. The summed E-state index contributed by atoms with van der Waals surface area (Å²) in [5.41, 5.74) is 4.12. The number of amides is 1. The number of hydrogen-bond acceptors (Lipinski definition) is 4. The first-order valence-corrected chi connectivity index (χ1v) is 6.71. The minimum absolute atomic E-state index is 0.0294. The van der Waals surface area contributed by atoms with Crippen molar-refractivity contribution in [2.75, 3.05) is 12.3 Å². The van der Waals surface area contributed by atoms with Crippen LogP contribution >= 0.6 is 0 Å². The van der Waals surface area contributed by atoms with Crippen LogP contribution in [0.5, 0.6) is 0 Å². The number of hydrogen-bond donors (Lipinski definition) is 3. The van der Waals surface area contributed by atoms with Crippen LogP contribution in [0.15, 0.2) is 0 Å². The number of primary amides is 1. The molecular weight excluding hydrogens is 248 g/mol. The Labute approximate surface area is 100 Å². The van der Waals surface area contributed by atoms with Crippen molar-refractivity contribution < 1.29 is 23.1 Å². The maximum Gasteiger partial charge on any atom is 0.303 e. The molecule has 0 aliphatic rings. The summed E-state index contributed by atoms with van der Waals surface area (Å²) in [6, 6.07) is 0. The zero-order valence-electron chi connectivity index (χ0n) is 9.89. The van der Waals surface area contributed by atoms with Crippen LogP contribution in [0.25, 0.3) is 0 Å². The van der Waals surface area contributed by atoms with Crippen molar-refractivity contribution in [2.24, 2.45) is 11.1 Å². The predicted octanol–water partition coefficient (Wildman–Crippen LogP) is -0.718. The van der Waals surface area contributed by atoms with Gasteiger partial charge < -0.3 is 10.8 Å². The third kappa shape index (κ3) is 6.90. The lowest BCUT2D eigenvalue weighted by Gasteiger charge is -2.20. The molecule has 0 bridgehead atoms. The van der Waals surface area contributed by atoms with E-state index in [-0.39, 0.29) is 25.1 Å². The quantitative estimate of drug-likeness (QED) is 0.534. The third-order valence-electron chi connectivity index (χ3n) is 2.20. The van der Waals surface area contributed by atoms with Gasteiger partial charge in [-0.05, 0) is 20.3 Å². The van der Waals surface area contributed by atoms with E-state index in [0.717, 1.165) is 0 Å². The molecule has 0 aromatic carbocycles. The summed E-state index contributed by atoms with van der Waals surface area (Å²) in [6.45, 7) is 2.95. The minimum atomic E-state index is -3.57. The van der Waals surface area contributed by atoms with Crippen LogP contribution in [0.3, 0.4) is 0 Å². The molecule has 0 unspecified atom stereocenters. The summed E-state index contributed by atoms with van der Waals surface area (Å²) in [7, 11) is -3.57. The van der Waals surface area contributed by atoms with Gasteiger partial charge in [-0.2, -0.15) is 0 Å². The number of nitrogens with two attached hydrogens (primary N) is 1. The van der Waals surface area contributed by atoms with Crippen molar-refractivity contribution in [3.05, 3.63) is 0 Å². The fraction of sp³-hybridized carbons (Fsp3) is 0.778. The van der Waals surface area contributed by atoms with Crippen molar-refractivity contribution >= 4 is 21.9 Å². The molecule has 7 nitrogen and oxygen atoms in total. The Hall–Kier alpha value is -1.15. The lowest BCUT2D eigenvalue weighted by Crippen LogP contribution is -2.43. The molecule has 0 heterocycles. The first-order valence-electron chi connectivity index (χ1n) is 5.06. The van der Waals surface area contributed by atoms with Crippen LogP contribution in [-0.2, 0) is 19.6 Å². The molecule has 0 fully saturated rings. The Morgan fingerprint density at radius 3 is 2.29 bits per heavy atom. The summed E-state index contributed by atoms with van der Waals surface area (Å²) < 4.78 is 25.1. The standard InChI is InChI=1S/C9H18N2O5S/c1-9(2,8(10)14)6-11-17(15,16)5-3-4-7(12)13/h11H,3-6H2,1-2H3,(H2,10,14)(H,12,13). The number of rotatable bonds is 8. The average Bonchev–Trinajstić information content (AvgIpc) is 2.14. The fourth-order valence-electron chi connectivity index (χ4n) is 0.863. The maximum absolute atomic E-state index is 11.4. The van der Waals surface area contributed by atoms with Gasteiger partial charge in [0.05, 0.1) is 11.2 Å². The van der Waals surface area contributed by atoms with Crippen LogP contribution in [0.2, 0.25) is 0 Å². The van der Waals surface area contributed by atoms with Crippen molar-refractivity contribution in [3.63, 3.8) is 0 Å². The molecular formula is C9H18N2O5S. The molecule has 4 N–H and O–H groups in total. The highest BCUT2D eigenvalue weighted by molar-refractivity contribution is 7.89. The lowest BCUT2D eigenvalue weighted by molar-refractivity contribution is -0.137. The number of carbonyl (C=O) groups is 2. The first-order chi connectivity index (χ1) is 7.57. The Kier molecular flexibility index (Phi) is 5.56. The molecule has 0 aromatic rings. The molecule has 0 atom stereocenters. The Morgan fingerprint density at radius 1 is 1.35 bits per heavy atom. The second kappa shape index (κ2) is 5.97. The van der Waals surface area contributed by atoms with Gasteiger partial charge in [0.15, 0.2) is 0 Å². The van der Waals surface area contributed by atoms with Gasteiger partial charge in [-0.15, -0.1) is 0 Å². The van der Waals surface area contributed by atoms with Gasteiger partial charge >= 0.3 is 5.97 Å². The van der Waals surface area contributed by atoms with E-state index < -0.39 is 27.3 Å². The number of carbonyl (C=O) groups excluding carboxylic acids is 1. The van der Waals surface area contributed by atoms with Crippen LogP contribution < -0.4 is 10.5 Å². The molecule has 0 saturated heterocycles. The van der Waals surface area contributed by atoms with Gasteiger partial charge in [0.2, 0.25) is 15.9 Å². The van der Waals surface area contributed by atoms with Crippen LogP contribution in [0.4, 0.5) is 0 Å². The van der Waals surface area contributed by atoms with Crippen molar-refractivity contribution in [1.82, 2.24) is 4.72 Å². The van der Waals surface area contributed by atoms with E-state index in [1.165, 1.54) is 13.8 Å². The van der Waals surface area contributed by atoms with Crippen molar-refractivity contribution in [1.29, 1.82) is 0 Å². The van der Waals surface area contributed by atoms with Crippen LogP contribution in [0, 0.1) is 5.41 Å². The topological polar surface area (TPSA) is 127 Å². The summed E-state index contributed by atoms with van der Waals surface area (Å²) in [4.78, 5) is 21.2. The predicted molar refractivity (Wildman–Crippen MR) is 61.6 cm³/mol. The number of nitrogens with one attached hydrogen (secondary N) is 1. The molecule has 0 rings (SSSR count). The van der Waals surface area contributed by atoms with Crippen LogP contribution in [0.1, 0.15) is 26.7 Å². The Bertz CT molecular complexity index is 388. The molecule has 0 saturated carbocycles. The number of aliphatic carboxylic acids is 1. The largest absolute Gasteiger partial charge is 0.481 e. The molecule has 0 aliphatic heterocycles. The molecule has 0 radical (unpaired) electrons. The maximum atomic E-state index is 11.4. The minimum Gasteiger partial charge on any atom is -0.481 e. The highest BCUT2D eigenvalue weighted by atomic mass is 32.2. The van der Waals surface area contributed by atoms with E-state index in [4.69, 9.17) is 10.8 Å². The van der Waals surface area contributed by atoms with E-state index in [1.54, 1.807) is 0 Å². The summed E-state index contributed by atoms with van der Waals surface area (Å²) in [5.74, 6) is -1.93. The summed E-state index contributed by atoms with van der Waals surface area (Å²) in [6.07, 6.45) is -0.179. The van der Waals surface area contributed by atoms with Gasteiger partial charge in [-0.1, -0.05) is 0 Å². The van der Waals surface area contributed by atoms with Crippen molar-refractivity contribution in [2.45, 2.75) is 26.7 Å². The third-order valence-corrected chi connectivity index (χ3v) is 3.62. The van der Waals surface area contributed by atoms with Crippen LogP contribution in [-0.4, -0.2) is 37.7 Å². The zero-order valence-corrected chi connectivity index (χ0v) is 10.7. The summed E-state index contributed by atoms with van der Waals surface area (Å²) >= 11 is 0. The normalized spacial score (nSPS) is 12.4.